The van der Waals surface area contributed by atoms with Gasteiger partial charge in [-0.25, -0.2) is 14.2 Å². The zero-order valence-corrected chi connectivity index (χ0v) is 15.7. The number of aromatic nitrogens is 7. The Balaban J connectivity index is 1.37. The van der Waals surface area contributed by atoms with Crippen LogP contribution in [0.2, 0.25) is 0 Å². The van der Waals surface area contributed by atoms with Crippen LogP contribution >= 0.6 is 0 Å². The molecule has 4 aromatic heterocycles. The number of pyridine rings is 1. The van der Waals surface area contributed by atoms with Gasteiger partial charge in [-0.2, -0.15) is 10.1 Å². The van der Waals surface area contributed by atoms with Gasteiger partial charge in [-0.05, 0) is 37.5 Å². The molecule has 1 aliphatic heterocycles. The molecule has 5 rings (SSSR count). The molecule has 0 aromatic carbocycles. The third-order valence-electron chi connectivity index (χ3n) is 4.86. The number of nitrogens with one attached hydrogen (secondary N) is 1. The molecule has 1 aliphatic rings. The lowest BCUT2D eigenvalue weighted by atomic mass is 10.1. The summed E-state index contributed by atoms with van der Waals surface area (Å²) in [7, 11) is 0. The maximum absolute atomic E-state index is 12.2. The van der Waals surface area contributed by atoms with E-state index in [-0.39, 0.29) is 24.6 Å². The fourth-order valence-corrected chi connectivity index (χ4v) is 3.49. The van der Waals surface area contributed by atoms with E-state index in [0.717, 1.165) is 37.1 Å². The number of imidazole rings is 1. The normalized spacial score (nSPS) is 16.9. The molecule has 1 amide bonds. The Hall–Kier alpha value is -3.53. The average Bonchev–Trinajstić information content (AvgIpc) is 3.48. The van der Waals surface area contributed by atoms with E-state index in [1.165, 1.54) is 0 Å². The molecule has 1 atom stereocenters. The lowest BCUT2D eigenvalue weighted by molar-refractivity contribution is -0.116. The third-order valence-corrected chi connectivity index (χ3v) is 4.86. The Kier molecular flexibility index (Phi) is 4.53. The zero-order valence-electron chi connectivity index (χ0n) is 15.7. The first-order valence-electron chi connectivity index (χ1n) is 9.54. The van der Waals surface area contributed by atoms with Crippen molar-refractivity contribution < 1.29 is 9.53 Å². The van der Waals surface area contributed by atoms with Gasteiger partial charge in [0.25, 0.3) is 0 Å². The number of ether oxygens (including phenoxy) is 1. The Morgan fingerprint density at radius 3 is 3.03 bits per heavy atom. The van der Waals surface area contributed by atoms with Crippen LogP contribution in [0.1, 0.15) is 25.5 Å². The summed E-state index contributed by atoms with van der Waals surface area (Å²) in [4.78, 5) is 20.4. The molecule has 29 heavy (non-hydrogen) atoms. The highest BCUT2D eigenvalue weighted by Crippen LogP contribution is 2.28. The van der Waals surface area contributed by atoms with E-state index in [1.807, 2.05) is 29.1 Å². The second-order valence-electron chi connectivity index (χ2n) is 6.92. The van der Waals surface area contributed by atoms with Crippen LogP contribution in [0.25, 0.3) is 16.9 Å². The highest BCUT2D eigenvalue weighted by Gasteiger charge is 2.20. The van der Waals surface area contributed by atoms with Crippen molar-refractivity contribution in [3.63, 3.8) is 0 Å². The number of carbonyl (C=O) groups is 1. The summed E-state index contributed by atoms with van der Waals surface area (Å²) in [5.41, 5.74) is 2.55. The van der Waals surface area contributed by atoms with E-state index in [0.29, 0.717) is 5.65 Å². The van der Waals surface area contributed by atoms with E-state index in [4.69, 9.17) is 4.74 Å². The fraction of sp³-hybridized carbons (Fsp3) is 0.316. The number of nitrogens with zero attached hydrogens (tertiary/aromatic N) is 7. The summed E-state index contributed by atoms with van der Waals surface area (Å²) in [6.07, 6.45) is 11.7. The minimum atomic E-state index is -0.216. The average molecular weight is 392 g/mol. The van der Waals surface area contributed by atoms with Crippen LogP contribution in [0, 0.1) is 0 Å². The molecule has 0 unspecified atom stereocenters. The van der Waals surface area contributed by atoms with Crippen LogP contribution in [0.4, 0.5) is 5.95 Å². The monoisotopic (exact) mass is 392 g/mol. The van der Waals surface area contributed by atoms with Gasteiger partial charge in [-0.3, -0.25) is 10.1 Å². The van der Waals surface area contributed by atoms with Gasteiger partial charge in [0, 0.05) is 37.0 Å². The Morgan fingerprint density at radius 2 is 2.21 bits per heavy atom. The second kappa shape index (κ2) is 7.47. The van der Waals surface area contributed by atoms with Crippen LogP contribution in [0.3, 0.4) is 0 Å². The van der Waals surface area contributed by atoms with Gasteiger partial charge in [-0.1, -0.05) is 0 Å². The van der Waals surface area contributed by atoms with Crippen LogP contribution in [-0.4, -0.2) is 46.4 Å². The van der Waals surface area contributed by atoms with Crippen molar-refractivity contribution in [2.75, 3.05) is 11.9 Å². The fourth-order valence-electron chi connectivity index (χ4n) is 3.49. The maximum Gasteiger partial charge on any atom is 0.249 e. The molecule has 0 radical (unpaired) electrons. The molecular weight excluding hydrogens is 372 g/mol. The topological polar surface area (TPSA) is 104 Å². The molecule has 10 heteroatoms. The largest absolute Gasteiger partial charge is 0.356 e. The predicted octanol–water partition coefficient (Wildman–Crippen LogP) is 2.13. The molecule has 1 fully saturated rings. The van der Waals surface area contributed by atoms with Gasteiger partial charge in [0.15, 0.2) is 11.9 Å². The highest BCUT2D eigenvalue weighted by atomic mass is 16.5. The lowest BCUT2D eigenvalue weighted by Crippen LogP contribution is -2.19. The van der Waals surface area contributed by atoms with Crippen molar-refractivity contribution in [3.8, 4) is 11.3 Å². The van der Waals surface area contributed by atoms with Crippen molar-refractivity contribution in [3.05, 3.63) is 49.3 Å². The summed E-state index contributed by atoms with van der Waals surface area (Å²) in [6.45, 7) is 0.912. The number of fused-ring (bicyclic) bond motifs is 1. The molecule has 1 saturated heterocycles. The van der Waals surface area contributed by atoms with Gasteiger partial charge in [0.1, 0.15) is 6.54 Å². The quantitative estimate of drug-likeness (QED) is 0.558. The van der Waals surface area contributed by atoms with E-state index < -0.39 is 0 Å². The zero-order chi connectivity index (χ0) is 19.6. The molecule has 0 aliphatic carbocycles. The number of carbonyl (C=O) groups excluding carboxylic acids is 1. The summed E-state index contributed by atoms with van der Waals surface area (Å²) in [6, 6.07) is 5.80. The van der Waals surface area contributed by atoms with Crippen LogP contribution in [-0.2, 0) is 16.1 Å². The van der Waals surface area contributed by atoms with Crippen LogP contribution in [0.15, 0.2) is 49.3 Å². The number of anilines is 1. The number of hydrogen-bond acceptors (Lipinski definition) is 6. The smallest absolute Gasteiger partial charge is 0.249 e. The molecule has 5 heterocycles. The van der Waals surface area contributed by atoms with Gasteiger partial charge in [0.2, 0.25) is 11.9 Å². The molecule has 4 aromatic rings. The number of rotatable bonds is 5. The van der Waals surface area contributed by atoms with Crippen molar-refractivity contribution >= 4 is 17.5 Å². The Morgan fingerprint density at radius 1 is 1.24 bits per heavy atom. The van der Waals surface area contributed by atoms with E-state index in [1.54, 1.807) is 34.0 Å². The van der Waals surface area contributed by atoms with E-state index in [2.05, 4.69) is 25.5 Å². The summed E-state index contributed by atoms with van der Waals surface area (Å²) in [5, 5.41) is 11.6. The minimum absolute atomic E-state index is 0.0433. The molecular formula is C19H20N8O2. The predicted molar refractivity (Wildman–Crippen MR) is 104 cm³/mol. The second-order valence-corrected chi connectivity index (χ2v) is 6.92. The number of hydrogen-bond donors (Lipinski definition) is 1. The van der Waals surface area contributed by atoms with Gasteiger partial charge in [-0.15, -0.1) is 5.10 Å². The Bertz CT molecular complexity index is 1120. The van der Waals surface area contributed by atoms with Crippen molar-refractivity contribution in [1.82, 2.24) is 33.9 Å². The first-order chi connectivity index (χ1) is 14.3. The first-order valence-corrected chi connectivity index (χ1v) is 9.54. The summed E-state index contributed by atoms with van der Waals surface area (Å²) >= 11 is 0. The first kappa shape index (κ1) is 17.6. The van der Waals surface area contributed by atoms with Crippen molar-refractivity contribution in [2.45, 2.75) is 32.0 Å². The molecule has 148 valence electrons. The summed E-state index contributed by atoms with van der Waals surface area (Å²) < 4.78 is 11.1. The lowest BCUT2D eigenvalue weighted by Gasteiger charge is -2.24. The molecule has 0 spiro atoms. The van der Waals surface area contributed by atoms with E-state index in [9.17, 15) is 4.79 Å². The molecule has 1 N–H and O–H groups in total. The molecule has 0 bridgehead atoms. The van der Waals surface area contributed by atoms with Crippen molar-refractivity contribution in [1.29, 1.82) is 0 Å². The van der Waals surface area contributed by atoms with Gasteiger partial charge in [0.05, 0.1) is 12.0 Å². The van der Waals surface area contributed by atoms with Crippen LogP contribution < -0.4 is 5.32 Å². The van der Waals surface area contributed by atoms with Gasteiger partial charge < -0.3 is 9.30 Å². The SMILES string of the molecule is O=C(Cn1ccnc1)Nc1nc2ccc(-c3ccnn3[C@@H]3CCCCO3)cn2n1. The van der Waals surface area contributed by atoms with Crippen molar-refractivity contribution in [2.24, 2.45) is 0 Å². The minimum Gasteiger partial charge on any atom is -0.356 e. The van der Waals surface area contributed by atoms with Gasteiger partial charge >= 0.3 is 0 Å². The van der Waals surface area contributed by atoms with E-state index >= 15 is 0 Å². The van der Waals surface area contributed by atoms with Crippen LogP contribution in [0.5, 0.6) is 0 Å². The molecule has 0 saturated carbocycles. The Labute approximate surface area is 166 Å². The maximum atomic E-state index is 12.2. The standard InChI is InChI=1S/C19H20N8O2/c28-17(12-25-9-8-20-13-25)23-19-22-16-5-4-14(11-26(16)24-19)15-6-7-21-27(15)18-3-1-2-10-29-18/h4-9,11,13,18H,1-3,10,12H2,(H,23,24,28)/t18-/m0/s1. The number of amides is 1. The highest BCUT2D eigenvalue weighted by molar-refractivity contribution is 5.89. The molecule has 10 nitrogen and oxygen atoms in total. The third kappa shape index (κ3) is 3.61. The summed E-state index contributed by atoms with van der Waals surface area (Å²) in [5.74, 6) is 0.0445.